The fraction of sp³-hybridized carbons (Fsp3) is 0.280. The van der Waals surface area contributed by atoms with Crippen molar-refractivity contribution in [2.75, 3.05) is 16.3 Å². The Labute approximate surface area is 220 Å². The third-order valence-corrected chi connectivity index (χ3v) is 8.43. The highest BCUT2D eigenvalue weighted by atomic mass is 32.2. The average molecular weight is 561 g/mol. The number of anilines is 2. The number of aliphatic hydroxyl groups excluding tert-OH is 1. The molecule has 0 saturated heterocycles. The zero-order valence-electron chi connectivity index (χ0n) is 20.9. The number of nitrogens with one attached hydrogen (secondary N) is 2. The van der Waals surface area contributed by atoms with Gasteiger partial charge in [-0.2, -0.15) is 5.26 Å². The van der Waals surface area contributed by atoms with Crippen LogP contribution in [0, 0.1) is 22.6 Å². The largest absolute Gasteiger partial charge is 0.509 e. The quantitative estimate of drug-likeness (QED) is 0.502. The number of carbonyl (C=O) groups is 1. The number of nitrogens with zero attached hydrogens (tertiary/aromatic N) is 2. The van der Waals surface area contributed by atoms with E-state index in [1.54, 1.807) is 26.8 Å². The van der Waals surface area contributed by atoms with Gasteiger partial charge in [-0.3, -0.25) is 9.52 Å². The molecule has 1 atom stereocenters. The number of carbonyl (C=O) groups excluding carboxylic acids is 1. The van der Waals surface area contributed by atoms with Crippen molar-refractivity contribution in [1.29, 1.82) is 5.26 Å². The molecule has 2 aromatic rings. The van der Waals surface area contributed by atoms with E-state index in [1.807, 2.05) is 0 Å². The molecule has 2 aliphatic heterocycles. The van der Waals surface area contributed by atoms with E-state index < -0.39 is 53.7 Å². The van der Waals surface area contributed by atoms with Crippen LogP contribution in [0.5, 0.6) is 0 Å². The molecule has 0 fully saturated rings. The predicted molar refractivity (Wildman–Crippen MR) is 138 cm³/mol. The molecule has 10 nitrogen and oxygen atoms in total. The van der Waals surface area contributed by atoms with Crippen molar-refractivity contribution >= 4 is 37.1 Å². The first-order chi connectivity index (χ1) is 17.5. The first kappa shape index (κ1) is 27.2. The van der Waals surface area contributed by atoms with E-state index in [2.05, 4.69) is 10.0 Å². The maximum Gasteiger partial charge on any atom is 0.260 e. The molecular formula is C25H25FN4O6S2. The number of hydrogen-bond donors (Lipinski definition) is 3. The smallest absolute Gasteiger partial charge is 0.260 e. The highest BCUT2D eigenvalue weighted by molar-refractivity contribution is 7.96. The normalized spacial score (nSPS) is 19.2. The van der Waals surface area contributed by atoms with Gasteiger partial charge in [0.1, 0.15) is 23.2 Å². The fourth-order valence-electron chi connectivity index (χ4n) is 4.57. The Bertz CT molecular complexity index is 1670. The van der Waals surface area contributed by atoms with E-state index in [1.165, 1.54) is 41.3 Å². The maximum atomic E-state index is 13.7. The van der Waals surface area contributed by atoms with Gasteiger partial charge in [0.15, 0.2) is 4.91 Å². The SMILES string of the molecule is CC(C)(C)C1C(O)=C(C2=C(C#N)S(=O)(=O)c3cc(NS(C)(=O)=O)ccc3N2)C(=O)N1Cc1ccc(F)cc1. The van der Waals surface area contributed by atoms with Gasteiger partial charge in [0, 0.05) is 12.2 Å². The lowest BCUT2D eigenvalue weighted by Crippen LogP contribution is -2.43. The molecule has 2 aliphatic rings. The van der Waals surface area contributed by atoms with Crippen LogP contribution in [-0.2, 0) is 31.2 Å². The number of amides is 1. The first-order valence-electron chi connectivity index (χ1n) is 11.3. The van der Waals surface area contributed by atoms with Gasteiger partial charge in [0.05, 0.1) is 28.6 Å². The van der Waals surface area contributed by atoms with Gasteiger partial charge in [-0.1, -0.05) is 32.9 Å². The number of aliphatic hydroxyl groups is 1. The molecule has 200 valence electrons. The van der Waals surface area contributed by atoms with Gasteiger partial charge in [-0.25, -0.2) is 21.2 Å². The molecule has 2 aromatic carbocycles. The number of halogens is 1. The summed E-state index contributed by atoms with van der Waals surface area (Å²) in [7, 11) is -8.22. The minimum absolute atomic E-state index is 0.00422. The Morgan fingerprint density at radius 3 is 2.37 bits per heavy atom. The molecule has 0 aliphatic carbocycles. The number of hydrogen-bond acceptors (Lipinski definition) is 8. The molecule has 0 spiro atoms. The lowest BCUT2D eigenvalue weighted by Gasteiger charge is -2.35. The zero-order chi connectivity index (χ0) is 28.2. The summed E-state index contributed by atoms with van der Waals surface area (Å²) in [5.41, 5.74) is -0.895. The highest BCUT2D eigenvalue weighted by Gasteiger charge is 2.49. The van der Waals surface area contributed by atoms with Crippen LogP contribution in [0.2, 0.25) is 0 Å². The molecule has 0 radical (unpaired) electrons. The summed E-state index contributed by atoms with van der Waals surface area (Å²) >= 11 is 0. The molecule has 0 bridgehead atoms. The van der Waals surface area contributed by atoms with Gasteiger partial charge in [-0.15, -0.1) is 0 Å². The highest BCUT2D eigenvalue weighted by Crippen LogP contribution is 2.44. The Morgan fingerprint density at radius 2 is 1.82 bits per heavy atom. The third-order valence-electron chi connectivity index (χ3n) is 6.07. The zero-order valence-corrected chi connectivity index (χ0v) is 22.5. The lowest BCUT2D eigenvalue weighted by molar-refractivity contribution is -0.129. The van der Waals surface area contributed by atoms with Crippen molar-refractivity contribution in [3.05, 3.63) is 75.8 Å². The molecule has 1 amide bonds. The molecule has 1 unspecified atom stereocenters. The summed E-state index contributed by atoms with van der Waals surface area (Å²) in [6.45, 7) is 5.36. The van der Waals surface area contributed by atoms with Crippen LogP contribution < -0.4 is 10.0 Å². The van der Waals surface area contributed by atoms with Crippen molar-refractivity contribution in [3.8, 4) is 6.07 Å². The number of fused-ring (bicyclic) bond motifs is 1. The summed E-state index contributed by atoms with van der Waals surface area (Å²) in [5, 5.41) is 24.0. The molecule has 3 N–H and O–H groups in total. The van der Waals surface area contributed by atoms with Gasteiger partial charge < -0.3 is 15.3 Å². The summed E-state index contributed by atoms with van der Waals surface area (Å²) in [6.07, 6.45) is 0.905. The van der Waals surface area contributed by atoms with Crippen LogP contribution in [0.4, 0.5) is 15.8 Å². The van der Waals surface area contributed by atoms with E-state index in [0.29, 0.717) is 5.56 Å². The van der Waals surface area contributed by atoms with E-state index >= 15 is 0 Å². The van der Waals surface area contributed by atoms with Crippen LogP contribution in [-0.4, -0.2) is 45.0 Å². The third kappa shape index (κ3) is 4.84. The summed E-state index contributed by atoms with van der Waals surface area (Å²) < 4.78 is 65.7. The van der Waals surface area contributed by atoms with Crippen molar-refractivity contribution in [3.63, 3.8) is 0 Å². The van der Waals surface area contributed by atoms with Crippen molar-refractivity contribution < 1.29 is 31.1 Å². The average Bonchev–Trinajstić information content (AvgIpc) is 3.03. The fourth-order valence-corrected chi connectivity index (χ4v) is 6.58. The maximum absolute atomic E-state index is 13.7. The second kappa shape index (κ2) is 9.14. The van der Waals surface area contributed by atoms with Gasteiger partial charge in [-0.05, 0) is 41.3 Å². The van der Waals surface area contributed by atoms with Crippen LogP contribution in [0.15, 0.2) is 69.3 Å². The second-order valence-electron chi connectivity index (χ2n) is 10.1. The Kier molecular flexibility index (Phi) is 6.53. The van der Waals surface area contributed by atoms with Gasteiger partial charge in [0.2, 0.25) is 19.9 Å². The minimum atomic E-state index is -4.52. The topological polar surface area (TPSA) is 157 Å². The molecule has 2 heterocycles. The standard InChI is InChI=1S/C25H25FN4O6S2/c1-25(2,3)23-22(31)20(24(32)30(23)13-14-5-7-15(26)8-6-14)21-19(12-27)38(35,36)18-11-16(29-37(4,33)34)9-10-17(18)28-21/h5-11,23,28-29,31H,13H2,1-4H3. The summed E-state index contributed by atoms with van der Waals surface area (Å²) in [6, 6.07) is 9.91. The van der Waals surface area contributed by atoms with Crippen molar-refractivity contribution in [2.45, 2.75) is 38.3 Å². The number of sulfone groups is 1. The summed E-state index contributed by atoms with van der Waals surface area (Å²) in [4.78, 5) is 13.9. The number of rotatable bonds is 5. The minimum Gasteiger partial charge on any atom is -0.509 e. The number of sulfonamides is 1. The predicted octanol–water partition coefficient (Wildman–Crippen LogP) is 3.40. The molecule has 13 heteroatoms. The Hall–Kier alpha value is -3.89. The van der Waals surface area contributed by atoms with E-state index in [4.69, 9.17) is 0 Å². The van der Waals surface area contributed by atoms with Gasteiger partial charge >= 0.3 is 0 Å². The lowest BCUT2D eigenvalue weighted by atomic mass is 9.85. The van der Waals surface area contributed by atoms with E-state index in [9.17, 15) is 36.4 Å². The number of benzene rings is 2. The van der Waals surface area contributed by atoms with Crippen LogP contribution >= 0.6 is 0 Å². The first-order valence-corrected chi connectivity index (χ1v) is 14.7. The molecular weight excluding hydrogens is 535 g/mol. The summed E-state index contributed by atoms with van der Waals surface area (Å²) in [5.74, 6) is -1.57. The van der Waals surface area contributed by atoms with Crippen LogP contribution in [0.1, 0.15) is 26.3 Å². The molecule has 0 aromatic heterocycles. The van der Waals surface area contributed by atoms with Crippen LogP contribution in [0.25, 0.3) is 0 Å². The van der Waals surface area contributed by atoms with Crippen molar-refractivity contribution in [2.24, 2.45) is 5.41 Å². The second-order valence-corrected chi connectivity index (χ2v) is 13.7. The molecule has 4 rings (SSSR count). The van der Waals surface area contributed by atoms with Crippen molar-refractivity contribution in [1.82, 2.24) is 4.90 Å². The van der Waals surface area contributed by atoms with E-state index in [0.717, 1.165) is 12.3 Å². The Morgan fingerprint density at radius 1 is 1.18 bits per heavy atom. The monoisotopic (exact) mass is 560 g/mol. The Balaban J connectivity index is 1.84. The number of allylic oxidation sites excluding steroid dienone is 1. The molecule has 38 heavy (non-hydrogen) atoms. The van der Waals surface area contributed by atoms with Crippen LogP contribution in [0.3, 0.4) is 0 Å². The number of nitriles is 1. The van der Waals surface area contributed by atoms with E-state index in [-0.39, 0.29) is 34.1 Å². The van der Waals surface area contributed by atoms with Gasteiger partial charge in [0.25, 0.3) is 5.91 Å². The molecule has 0 saturated carbocycles.